The van der Waals surface area contributed by atoms with E-state index in [0.717, 1.165) is 58.5 Å². The zero-order valence-corrected chi connectivity index (χ0v) is 13.9. The lowest BCUT2D eigenvalue weighted by atomic mass is 9.90. The van der Waals surface area contributed by atoms with Crippen molar-refractivity contribution in [3.8, 4) is 0 Å². The second kappa shape index (κ2) is 8.32. The maximum absolute atomic E-state index is 9.75. The first-order chi connectivity index (χ1) is 9.49. The molecule has 1 unspecified atom stereocenters. The van der Waals surface area contributed by atoms with E-state index in [1.165, 1.54) is 0 Å². The fourth-order valence-electron chi connectivity index (χ4n) is 2.94. The molecule has 1 fully saturated rings. The van der Waals surface area contributed by atoms with Crippen LogP contribution < -0.4 is 5.32 Å². The molecule has 1 heterocycles. The van der Waals surface area contributed by atoms with E-state index in [2.05, 4.69) is 37.9 Å². The lowest BCUT2D eigenvalue weighted by molar-refractivity contribution is -0.0523. The Kier molecular flexibility index (Phi) is 7.45. The van der Waals surface area contributed by atoms with Gasteiger partial charge in [0, 0.05) is 17.6 Å². The summed E-state index contributed by atoms with van der Waals surface area (Å²) in [5.74, 6) is 0. The average Bonchev–Trinajstić information content (AvgIpc) is 2.44. The minimum Gasteiger partial charge on any atom is -0.394 e. The van der Waals surface area contributed by atoms with Crippen molar-refractivity contribution in [2.75, 3.05) is 39.5 Å². The average molecular weight is 286 g/mol. The highest BCUT2D eigenvalue weighted by atomic mass is 16.5. The van der Waals surface area contributed by atoms with E-state index in [4.69, 9.17) is 4.74 Å². The molecule has 0 radical (unpaired) electrons. The third kappa shape index (κ3) is 4.99. The molecule has 2 N–H and O–H groups in total. The fraction of sp³-hybridized carbons (Fsp3) is 1.00. The lowest BCUT2D eigenvalue weighted by Gasteiger charge is -2.43. The van der Waals surface area contributed by atoms with E-state index >= 15 is 0 Å². The van der Waals surface area contributed by atoms with Gasteiger partial charge in [0.25, 0.3) is 0 Å². The molecule has 0 aliphatic carbocycles. The molecule has 0 aromatic heterocycles. The van der Waals surface area contributed by atoms with Crippen molar-refractivity contribution >= 4 is 0 Å². The molecule has 4 nitrogen and oxygen atoms in total. The van der Waals surface area contributed by atoms with E-state index in [1.54, 1.807) is 0 Å². The largest absolute Gasteiger partial charge is 0.394 e. The molecule has 0 saturated carbocycles. The van der Waals surface area contributed by atoms with Crippen LogP contribution in [-0.4, -0.2) is 60.5 Å². The van der Waals surface area contributed by atoms with Gasteiger partial charge in [0.1, 0.15) is 0 Å². The number of aliphatic hydroxyl groups is 1. The molecule has 0 spiro atoms. The van der Waals surface area contributed by atoms with Crippen molar-refractivity contribution in [2.24, 2.45) is 0 Å². The van der Waals surface area contributed by atoms with Gasteiger partial charge in [-0.3, -0.25) is 4.90 Å². The normalized spacial score (nSPS) is 22.6. The maximum atomic E-state index is 9.75. The van der Waals surface area contributed by atoms with E-state index in [9.17, 15) is 5.11 Å². The topological polar surface area (TPSA) is 44.7 Å². The quantitative estimate of drug-likeness (QED) is 0.681. The molecule has 0 aromatic rings. The summed E-state index contributed by atoms with van der Waals surface area (Å²) in [6, 6.07) is 0. The number of hydrogen-bond donors (Lipinski definition) is 2. The van der Waals surface area contributed by atoms with Crippen molar-refractivity contribution in [3.63, 3.8) is 0 Å². The second-order valence-corrected chi connectivity index (χ2v) is 6.67. The summed E-state index contributed by atoms with van der Waals surface area (Å²) in [6.45, 7) is 13.8. The molecule has 1 rings (SSSR count). The fourth-order valence-corrected chi connectivity index (χ4v) is 2.94. The highest BCUT2D eigenvalue weighted by Crippen LogP contribution is 2.22. The predicted octanol–water partition coefficient (Wildman–Crippen LogP) is 2.02. The predicted molar refractivity (Wildman–Crippen MR) is 84.1 cm³/mol. The summed E-state index contributed by atoms with van der Waals surface area (Å²) < 4.78 is 5.56. The first kappa shape index (κ1) is 17.9. The third-order valence-electron chi connectivity index (χ3n) is 4.63. The van der Waals surface area contributed by atoms with Gasteiger partial charge in [-0.1, -0.05) is 13.8 Å². The zero-order valence-electron chi connectivity index (χ0n) is 13.9. The van der Waals surface area contributed by atoms with Gasteiger partial charge in [-0.2, -0.15) is 0 Å². The Morgan fingerprint density at radius 2 is 2.10 bits per heavy atom. The zero-order chi connectivity index (χ0) is 15.1. The van der Waals surface area contributed by atoms with Crippen molar-refractivity contribution < 1.29 is 9.84 Å². The Morgan fingerprint density at radius 1 is 1.35 bits per heavy atom. The molecule has 1 aliphatic rings. The minimum absolute atomic E-state index is 0.0908. The van der Waals surface area contributed by atoms with Gasteiger partial charge in [-0.05, 0) is 52.6 Å². The van der Waals surface area contributed by atoms with Gasteiger partial charge in [0.2, 0.25) is 0 Å². The Balaban J connectivity index is 2.43. The Morgan fingerprint density at radius 3 is 2.65 bits per heavy atom. The number of hydrogen-bond acceptors (Lipinski definition) is 4. The highest BCUT2D eigenvalue weighted by Gasteiger charge is 2.31. The Bertz CT molecular complexity index is 265. The van der Waals surface area contributed by atoms with Gasteiger partial charge in [-0.15, -0.1) is 0 Å². The number of morpholine rings is 1. The standard InChI is InChI=1S/C16H34N2O2/c1-5-9-17-16(6-2,13-19)8-7-10-18-11-12-20-14-15(18,3)4/h17,19H,5-14H2,1-4H3. The van der Waals surface area contributed by atoms with Crippen molar-refractivity contribution in [2.45, 2.75) is 64.5 Å². The van der Waals surface area contributed by atoms with Gasteiger partial charge in [0.15, 0.2) is 0 Å². The van der Waals surface area contributed by atoms with Crippen LogP contribution in [-0.2, 0) is 4.74 Å². The van der Waals surface area contributed by atoms with E-state index in [0.29, 0.717) is 0 Å². The van der Waals surface area contributed by atoms with Crippen molar-refractivity contribution in [1.29, 1.82) is 0 Å². The smallest absolute Gasteiger partial charge is 0.0645 e. The van der Waals surface area contributed by atoms with E-state index in [-0.39, 0.29) is 17.7 Å². The maximum Gasteiger partial charge on any atom is 0.0645 e. The summed E-state index contributed by atoms with van der Waals surface area (Å²) in [4.78, 5) is 2.52. The van der Waals surface area contributed by atoms with Crippen LogP contribution in [0.25, 0.3) is 0 Å². The summed E-state index contributed by atoms with van der Waals surface area (Å²) >= 11 is 0. The lowest BCUT2D eigenvalue weighted by Crippen LogP contribution is -2.54. The van der Waals surface area contributed by atoms with Crippen molar-refractivity contribution in [3.05, 3.63) is 0 Å². The molecular formula is C16H34N2O2. The number of ether oxygens (including phenoxy) is 1. The number of rotatable bonds is 9. The van der Waals surface area contributed by atoms with Crippen molar-refractivity contribution in [1.82, 2.24) is 10.2 Å². The summed E-state index contributed by atoms with van der Waals surface area (Å²) in [5, 5.41) is 13.3. The monoisotopic (exact) mass is 286 g/mol. The summed E-state index contributed by atoms with van der Waals surface area (Å²) in [6.07, 6.45) is 4.25. The molecular weight excluding hydrogens is 252 g/mol. The van der Waals surface area contributed by atoms with Crippen LogP contribution in [0.15, 0.2) is 0 Å². The number of aliphatic hydroxyl groups excluding tert-OH is 1. The Hall–Kier alpha value is -0.160. The molecule has 1 saturated heterocycles. The molecule has 1 aliphatic heterocycles. The highest BCUT2D eigenvalue weighted by molar-refractivity contribution is 4.88. The SMILES string of the molecule is CCCNC(CC)(CO)CCCN1CCOCC1(C)C. The molecule has 4 heteroatoms. The van der Waals surface area contributed by atoms with Gasteiger partial charge >= 0.3 is 0 Å². The molecule has 0 aromatic carbocycles. The molecule has 120 valence electrons. The third-order valence-corrected chi connectivity index (χ3v) is 4.63. The van der Waals surface area contributed by atoms with Gasteiger partial charge in [-0.25, -0.2) is 0 Å². The van der Waals surface area contributed by atoms with E-state index < -0.39 is 0 Å². The van der Waals surface area contributed by atoms with E-state index in [1.807, 2.05) is 0 Å². The molecule has 20 heavy (non-hydrogen) atoms. The van der Waals surface area contributed by atoms with Gasteiger partial charge < -0.3 is 15.2 Å². The molecule has 0 amide bonds. The van der Waals surface area contributed by atoms with Crippen LogP contribution in [0.1, 0.15) is 53.4 Å². The van der Waals surface area contributed by atoms with Crippen LogP contribution >= 0.6 is 0 Å². The molecule has 0 bridgehead atoms. The van der Waals surface area contributed by atoms with Crippen LogP contribution in [0.4, 0.5) is 0 Å². The number of nitrogens with zero attached hydrogens (tertiary/aromatic N) is 1. The van der Waals surface area contributed by atoms with Crippen LogP contribution in [0, 0.1) is 0 Å². The van der Waals surface area contributed by atoms with Crippen LogP contribution in [0.5, 0.6) is 0 Å². The van der Waals surface area contributed by atoms with Crippen LogP contribution in [0.2, 0.25) is 0 Å². The minimum atomic E-state index is -0.0908. The molecule has 1 atom stereocenters. The first-order valence-electron chi connectivity index (χ1n) is 8.18. The second-order valence-electron chi connectivity index (χ2n) is 6.67. The van der Waals surface area contributed by atoms with Crippen LogP contribution in [0.3, 0.4) is 0 Å². The van der Waals surface area contributed by atoms with Gasteiger partial charge in [0.05, 0.1) is 19.8 Å². The Labute approximate surface area is 124 Å². The summed E-state index contributed by atoms with van der Waals surface area (Å²) in [7, 11) is 0. The first-order valence-corrected chi connectivity index (χ1v) is 8.18. The number of nitrogens with one attached hydrogen (secondary N) is 1. The summed E-state index contributed by atoms with van der Waals surface area (Å²) in [5.41, 5.74) is 0.0512.